The number of piperidine rings is 1. The quantitative estimate of drug-likeness (QED) is 0.765. The summed E-state index contributed by atoms with van der Waals surface area (Å²) in [6, 6.07) is 18.4. The van der Waals surface area contributed by atoms with Gasteiger partial charge in [0.1, 0.15) is 11.6 Å². The van der Waals surface area contributed by atoms with Crippen LogP contribution in [-0.2, 0) is 11.3 Å². The summed E-state index contributed by atoms with van der Waals surface area (Å²) in [5.74, 6) is -0.781. The van der Waals surface area contributed by atoms with Gasteiger partial charge in [0, 0.05) is 24.8 Å². The van der Waals surface area contributed by atoms with Gasteiger partial charge in [0.25, 0.3) is 0 Å². The molecule has 1 fully saturated rings. The molecule has 1 aliphatic heterocycles. The first-order chi connectivity index (χ1) is 14.4. The van der Waals surface area contributed by atoms with Gasteiger partial charge in [0.15, 0.2) is 0 Å². The average molecular weight is 401 g/mol. The summed E-state index contributed by atoms with van der Waals surface area (Å²) < 4.78 is 0. The van der Waals surface area contributed by atoms with Gasteiger partial charge in [0.2, 0.25) is 5.91 Å². The Morgan fingerprint density at radius 2 is 1.87 bits per heavy atom. The lowest BCUT2D eigenvalue weighted by molar-refractivity contribution is -0.166. The lowest BCUT2D eigenvalue weighted by atomic mass is 9.56. The third kappa shape index (κ3) is 3.24. The molecule has 4 atom stereocenters. The van der Waals surface area contributed by atoms with Crippen LogP contribution in [0.3, 0.4) is 0 Å². The Balaban J connectivity index is 1.80. The minimum Gasteiger partial charge on any atom is -0.373 e. The molecule has 2 aliphatic rings. The van der Waals surface area contributed by atoms with Gasteiger partial charge in [-0.05, 0) is 49.4 Å². The number of carbonyl (C=O) groups excluding carboxylic acids is 1. The number of aliphatic hydroxyl groups excluding tert-OH is 1. The van der Waals surface area contributed by atoms with Crippen LogP contribution in [0.25, 0.3) is 0 Å². The Hall–Kier alpha value is -2.90. The topological polar surface area (TPSA) is 64.3 Å². The largest absolute Gasteiger partial charge is 0.373 e. The number of carbonyl (C=O) groups is 1. The molecule has 2 aromatic carbocycles. The fraction of sp³-hybridized carbons (Fsp3) is 0.385. The fourth-order valence-electron chi connectivity index (χ4n) is 5.10. The van der Waals surface area contributed by atoms with E-state index >= 15 is 0 Å². The predicted octanol–water partition coefficient (Wildman–Crippen LogP) is 4.61. The van der Waals surface area contributed by atoms with Crippen LogP contribution >= 0.6 is 0 Å². The standard InChI is InChI=1S/C26H28N2O2/c1-17-11-22-14-24(29)28(15-20-7-5-4-6-8-20)25(30)26(22,16-27)23(12-17)21-10-9-18(2)19(3)13-21/h4-11,13,22-24,29H,12,14-15H2,1-3H3/t22-,23+,24+,26+/m1/s1. The zero-order valence-corrected chi connectivity index (χ0v) is 17.8. The zero-order chi connectivity index (χ0) is 21.5. The van der Waals surface area contributed by atoms with Crippen molar-refractivity contribution in [1.82, 2.24) is 4.90 Å². The summed E-state index contributed by atoms with van der Waals surface area (Å²) >= 11 is 0. The summed E-state index contributed by atoms with van der Waals surface area (Å²) in [7, 11) is 0. The van der Waals surface area contributed by atoms with Crippen molar-refractivity contribution >= 4 is 5.91 Å². The molecule has 0 bridgehead atoms. The van der Waals surface area contributed by atoms with E-state index in [4.69, 9.17) is 0 Å². The number of nitriles is 1. The number of likely N-dealkylation sites (tertiary alicyclic amines) is 1. The average Bonchev–Trinajstić information content (AvgIpc) is 2.73. The van der Waals surface area contributed by atoms with E-state index in [-0.39, 0.29) is 17.7 Å². The van der Waals surface area contributed by atoms with E-state index in [1.54, 1.807) is 0 Å². The first-order valence-corrected chi connectivity index (χ1v) is 10.6. The van der Waals surface area contributed by atoms with Crippen LogP contribution in [0.5, 0.6) is 0 Å². The van der Waals surface area contributed by atoms with Crippen molar-refractivity contribution in [2.24, 2.45) is 11.3 Å². The first-order valence-electron chi connectivity index (χ1n) is 10.6. The van der Waals surface area contributed by atoms with E-state index in [1.807, 2.05) is 36.4 Å². The van der Waals surface area contributed by atoms with E-state index < -0.39 is 11.6 Å². The van der Waals surface area contributed by atoms with E-state index in [0.717, 1.165) is 16.7 Å². The van der Waals surface area contributed by atoms with E-state index in [0.29, 0.717) is 19.4 Å². The number of fused-ring (bicyclic) bond motifs is 1. The van der Waals surface area contributed by atoms with Crippen molar-refractivity contribution < 1.29 is 9.90 Å². The van der Waals surface area contributed by atoms with Crippen LogP contribution in [0.2, 0.25) is 0 Å². The van der Waals surface area contributed by atoms with Crippen LogP contribution < -0.4 is 0 Å². The number of rotatable bonds is 3. The molecule has 1 heterocycles. The van der Waals surface area contributed by atoms with Crippen molar-refractivity contribution in [2.75, 3.05) is 0 Å². The predicted molar refractivity (Wildman–Crippen MR) is 116 cm³/mol. The molecular formula is C26H28N2O2. The molecular weight excluding hydrogens is 372 g/mol. The van der Waals surface area contributed by atoms with E-state index in [1.165, 1.54) is 16.0 Å². The molecule has 2 aromatic rings. The molecule has 0 spiro atoms. The second-order valence-corrected chi connectivity index (χ2v) is 8.84. The van der Waals surface area contributed by atoms with Gasteiger partial charge in [-0.1, -0.05) is 60.2 Å². The molecule has 1 N–H and O–H groups in total. The van der Waals surface area contributed by atoms with Crippen molar-refractivity contribution in [3.63, 3.8) is 0 Å². The molecule has 0 radical (unpaired) electrons. The Kier molecular flexibility index (Phi) is 5.26. The first kappa shape index (κ1) is 20.4. The molecule has 154 valence electrons. The SMILES string of the molecule is CC1=C[C@@H]2C[C@H](O)N(Cc3ccccc3)C(=O)[C@]2(C#N)[C@H](c2ccc(C)c(C)c2)C1. The molecule has 30 heavy (non-hydrogen) atoms. The van der Waals surface area contributed by atoms with Crippen LogP contribution in [0.4, 0.5) is 0 Å². The second-order valence-electron chi connectivity index (χ2n) is 8.84. The number of hydrogen-bond donors (Lipinski definition) is 1. The Morgan fingerprint density at radius 3 is 2.53 bits per heavy atom. The Morgan fingerprint density at radius 1 is 1.13 bits per heavy atom. The summed E-state index contributed by atoms with van der Waals surface area (Å²) in [5.41, 5.74) is 4.30. The summed E-state index contributed by atoms with van der Waals surface area (Å²) in [5, 5.41) is 21.3. The van der Waals surface area contributed by atoms with E-state index in [9.17, 15) is 15.2 Å². The molecule has 4 rings (SSSR count). The molecule has 0 saturated carbocycles. The van der Waals surface area contributed by atoms with Gasteiger partial charge in [-0.15, -0.1) is 0 Å². The number of amides is 1. The summed E-state index contributed by atoms with van der Waals surface area (Å²) in [6.45, 7) is 6.49. The maximum absolute atomic E-state index is 13.9. The van der Waals surface area contributed by atoms with Crippen LogP contribution in [0, 0.1) is 36.5 Å². The normalized spacial score (nSPS) is 28.5. The van der Waals surface area contributed by atoms with Gasteiger partial charge in [0.05, 0.1) is 6.07 Å². The molecule has 4 nitrogen and oxygen atoms in total. The Labute approximate surface area is 178 Å². The third-order valence-electron chi connectivity index (χ3n) is 6.90. The fourth-order valence-corrected chi connectivity index (χ4v) is 5.10. The van der Waals surface area contributed by atoms with E-state index in [2.05, 4.69) is 45.0 Å². The van der Waals surface area contributed by atoms with Gasteiger partial charge in [-0.2, -0.15) is 5.26 Å². The molecule has 4 heteroatoms. The molecule has 0 aromatic heterocycles. The molecule has 1 aliphatic carbocycles. The van der Waals surface area contributed by atoms with Crippen molar-refractivity contribution in [3.05, 3.63) is 82.4 Å². The zero-order valence-electron chi connectivity index (χ0n) is 17.8. The maximum atomic E-state index is 13.9. The number of nitrogens with zero attached hydrogens (tertiary/aromatic N) is 2. The minimum atomic E-state index is -1.20. The number of allylic oxidation sites excluding steroid dienone is 2. The third-order valence-corrected chi connectivity index (χ3v) is 6.90. The maximum Gasteiger partial charge on any atom is 0.246 e. The highest BCUT2D eigenvalue weighted by Gasteiger charge is 2.59. The smallest absolute Gasteiger partial charge is 0.246 e. The highest BCUT2D eigenvalue weighted by atomic mass is 16.3. The highest BCUT2D eigenvalue weighted by molar-refractivity contribution is 5.89. The van der Waals surface area contributed by atoms with Crippen LogP contribution in [0.1, 0.15) is 47.9 Å². The molecule has 1 amide bonds. The van der Waals surface area contributed by atoms with Gasteiger partial charge in [-0.25, -0.2) is 0 Å². The minimum absolute atomic E-state index is 0.227. The lowest BCUT2D eigenvalue weighted by Gasteiger charge is -2.50. The monoisotopic (exact) mass is 400 g/mol. The van der Waals surface area contributed by atoms with Crippen molar-refractivity contribution in [2.45, 2.75) is 52.3 Å². The summed E-state index contributed by atoms with van der Waals surface area (Å²) in [4.78, 5) is 15.4. The highest BCUT2D eigenvalue weighted by Crippen LogP contribution is 2.55. The number of benzene rings is 2. The second kappa shape index (κ2) is 7.74. The van der Waals surface area contributed by atoms with Crippen molar-refractivity contribution in [3.8, 4) is 6.07 Å². The van der Waals surface area contributed by atoms with Gasteiger partial charge in [-0.3, -0.25) is 4.79 Å². The van der Waals surface area contributed by atoms with Crippen molar-refractivity contribution in [1.29, 1.82) is 5.26 Å². The van der Waals surface area contributed by atoms with Crippen LogP contribution in [-0.4, -0.2) is 22.1 Å². The lowest BCUT2D eigenvalue weighted by Crippen LogP contribution is -2.59. The van der Waals surface area contributed by atoms with Gasteiger partial charge < -0.3 is 10.0 Å². The van der Waals surface area contributed by atoms with Crippen LogP contribution in [0.15, 0.2) is 60.2 Å². The molecule has 1 saturated heterocycles. The number of hydrogen-bond acceptors (Lipinski definition) is 3. The number of aliphatic hydroxyl groups is 1. The summed E-state index contributed by atoms with van der Waals surface area (Å²) in [6.07, 6.45) is 2.20. The van der Waals surface area contributed by atoms with Gasteiger partial charge >= 0.3 is 0 Å². The number of aryl methyl sites for hydroxylation is 2. The Bertz CT molecular complexity index is 1040. The molecule has 0 unspecified atom stereocenters.